The molecule has 4 heteroatoms. The SMILES string of the molecule is Cc1ccccc1CN1C(=O)N(C)C2(CCCCC2)C1=O. The lowest BCUT2D eigenvalue weighted by molar-refractivity contribution is -0.134. The summed E-state index contributed by atoms with van der Waals surface area (Å²) in [6.07, 6.45) is 4.83. The van der Waals surface area contributed by atoms with Gasteiger partial charge in [-0.3, -0.25) is 9.69 Å². The van der Waals surface area contributed by atoms with Gasteiger partial charge in [0.15, 0.2) is 0 Å². The van der Waals surface area contributed by atoms with Crippen molar-refractivity contribution in [3.8, 4) is 0 Å². The van der Waals surface area contributed by atoms with E-state index in [0.717, 1.165) is 43.2 Å². The molecular formula is C17H22N2O2. The Balaban J connectivity index is 1.88. The van der Waals surface area contributed by atoms with Gasteiger partial charge in [0.25, 0.3) is 5.91 Å². The Labute approximate surface area is 125 Å². The zero-order chi connectivity index (χ0) is 15.0. The number of rotatable bonds is 2. The van der Waals surface area contributed by atoms with Gasteiger partial charge >= 0.3 is 6.03 Å². The lowest BCUT2D eigenvalue weighted by Crippen LogP contribution is -2.49. The van der Waals surface area contributed by atoms with Crippen molar-refractivity contribution in [2.75, 3.05) is 7.05 Å². The van der Waals surface area contributed by atoms with E-state index in [1.165, 1.54) is 4.90 Å². The number of carbonyl (C=O) groups is 2. The van der Waals surface area contributed by atoms with Crippen LogP contribution >= 0.6 is 0 Å². The van der Waals surface area contributed by atoms with Crippen LogP contribution in [0.2, 0.25) is 0 Å². The number of nitrogens with zero attached hydrogens (tertiary/aromatic N) is 2. The van der Waals surface area contributed by atoms with Gasteiger partial charge in [-0.15, -0.1) is 0 Å². The molecule has 3 rings (SSSR count). The molecule has 112 valence electrons. The Bertz CT molecular complexity index is 576. The maximum atomic E-state index is 12.9. The van der Waals surface area contributed by atoms with E-state index in [2.05, 4.69) is 0 Å². The van der Waals surface area contributed by atoms with Gasteiger partial charge in [0.1, 0.15) is 5.54 Å². The largest absolute Gasteiger partial charge is 0.327 e. The quantitative estimate of drug-likeness (QED) is 0.784. The number of imide groups is 1. The molecule has 1 heterocycles. The molecule has 0 bridgehead atoms. The van der Waals surface area contributed by atoms with E-state index in [4.69, 9.17) is 0 Å². The minimum atomic E-state index is -0.571. The number of hydrogen-bond donors (Lipinski definition) is 0. The third-order valence-corrected chi connectivity index (χ3v) is 5.07. The van der Waals surface area contributed by atoms with Crippen LogP contribution in [0, 0.1) is 6.92 Å². The van der Waals surface area contributed by atoms with Gasteiger partial charge in [0, 0.05) is 7.05 Å². The Kier molecular flexibility index (Phi) is 3.47. The first-order chi connectivity index (χ1) is 10.1. The van der Waals surface area contributed by atoms with Crippen molar-refractivity contribution in [3.05, 3.63) is 35.4 Å². The van der Waals surface area contributed by atoms with Crippen molar-refractivity contribution in [3.63, 3.8) is 0 Å². The van der Waals surface area contributed by atoms with Crippen LogP contribution in [0.3, 0.4) is 0 Å². The molecule has 0 atom stereocenters. The maximum absolute atomic E-state index is 12.9. The Hall–Kier alpha value is -1.84. The van der Waals surface area contributed by atoms with E-state index in [0.29, 0.717) is 6.54 Å². The maximum Gasteiger partial charge on any atom is 0.327 e. The molecule has 1 aromatic rings. The molecule has 1 spiro atoms. The van der Waals surface area contributed by atoms with Crippen LogP contribution < -0.4 is 0 Å². The zero-order valence-electron chi connectivity index (χ0n) is 12.8. The molecule has 1 saturated heterocycles. The van der Waals surface area contributed by atoms with Crippen LogP contribution in [0.1, 0.15) is 43.2 Å². The molecule has 2 fully saturated rings. The van der Waals surface area contributed by atoms with Gasteiger partial charge in [0.05, 0.1) is 6.54 Å². The molecule has 1 aliphatic heterocycles. The molecule has 0 aromatic heterocycles. The summed E-state index contributed by atoms with van der Waals surface area (Å²) in [5, 5.41) is 0. The summed E-state index contributed by atoms with van der Waals surface area (Å²) < 4.78 is 0. The number of benzene rings is 1. The van der Waals surface area contributed by atoms with Crippen molar-refractivity contribution in [2.45, 2.75) is 51.1 Å². The molecule has 1 saturated carbocycles. The molecule has 4 nitrogen and oxygen atoms in total. The molecule has 21 heavy (non-hydrogen) atoms. The van der Waals surface area contributed by atoms with E-state index < -0.39 is 5.54 Å². The van der Waals surface area contributed by atoms with Gasteiger partial charge in [0.2, 0.25) is 0 Å². The average molecular weight is 286 g/mol. The summed E-state index contributed by atoms with van der Waals surface area (Å²) in [4.78, 5) is 28.5. The van der Waals surface area contributed by atoms with E-state index in [1.54, 1.807) is 11.9 Å². The molecule has 2 aliphatic rings. The third-order valence-electron chi connectivity index (χ3n) is 5.07. The van der Waals surface area contributed by atoms with E-state index in [-0.39, 0.29) is 11.9 Å². The number of likely N-dealkylation sites (N-methyl/N-ethyl adjacent to an activating group) is 1. The first-order valence-corrected chi connectivity index (χ1v) is 7.70. The molecule has 1 aromatic carbocycles. The first kappa shape index (κ1) is 14.1. The fourth-order valence-electron chi connectivity index (χ4n) is 3.63. The summed E-state index contributed by atoms with van der Waals surface area (Å²) >= 11 is 0. The van der Waals surface area contributed by atoms with Crippen molar-refractivity contribution in [2.24, 2.45) is 0 Å². The Morgan fingerprint density at radius 1 is 1.10 bits per heavy atom. The highest BCUT2D eigenvalue weighted by atomic mass is 16.2. The number of hydrogen-bond acceptors (Lipinski definition) is 2. The predicted molar refractivity (Wildman–Crippen MR) is 80.7 cm³/mol. The third kappa shape index (κ3) is 2.13. The van der Waals surface area contributed by atoms with Crippen LogP contribution in [0.4, 0.5) is 4.79 Å². The van der Waals surface area contributed by atoms with E-state index in [1.807, 2.05) is 31.2 Å². The van der Waals surface area contributed by atoms with Crippen LogP contribution in [0.5, 0.6) is 0 Å². The first-order valence-electron chi connectivity index (χ1n) is 7.70. The van der Waals surface area contributed by atoms with E-state index in [9.17, 15) is 9.59 Å². The predicted octanol–water partition coefficient (Wildman–Crippen LogP) is 3.09. The lowest BCUT2D eigenvalue weighted by Gasteiger charge is -2.35. The highest BCUT2D eigenvalue weighted by molar-refractivity contribution is 6.06. The molecule has 0 radical (unpaired) electrons. The van der Waals surface area contributed by atoms with Crippen LogP contribution in [0.25, 0.3) is 0 Å². The summed E-state index contributed by atoms with van der Waals surface area (Å²) in [6, 6.07) is 7.78. The fraction of sp³-hybridized carbons (Fsp3) is 0.529. The second kappa shape index (κ2) is 5.17. The summed E-state index contributed by atoms with van der Waals surface area (Å²) in [6.45, 7) is 2.40. The summed E-state index contributed by atoms with van der Waals surface area (Å²) in [5.41, 5.74) is 1.59. The van der Waals surface area contributed by atoms with Gasteiger partial charge in [-0.05, 0) is 30.9 Å². The second-order valence-corrected chi connectivity index (χ2v) is 6.25. The van der Waals surface area contributed by atoms with Gasteiger partial charge in [-0.2, -0.15) is 0 Å². The van der Waals surface area contributed by atoms with Gasteiger partial charge in [-0.25, -0.2) is 4.79 Å². The van der Waals surface area contributed by atoms with Crippen molar-refractivity contribution in [1.29, 1.82) is 0 Å². The average Bonchev–Trinajstić information content (AvgIpc) is 2.67. The monoisotopic (exact) mass is 286 g/mol. The molecule has 0 N–H and O–H groups in total. The second-order valence-electron chi connectivity index (χ2n) is 6.25. The van der Waals surface area contributed by atoms with Crippen molar-refractivity contribution >= 4 is 11.9 Å². The number of urea groups is 1. The smallest absolute Gasteiger partial charge is 0.313 e. The van der Waals surface area contributed by atoms with Gasteiger partial charge in [-0.1, -0.05) is 43.5 Å². The van der Waals surface area contributed by atoms with Crippen LogP contribution in [-0.4, -0.2) is 34.3 Å². The number of carbonyl (C=O) groups excluding carboxylic acids is 2. The number of aryl methyl sites for hydroxylation is 1. The van der Waals surface area contributed by atoms with Crippen LogP contribution in [0.15, 0.2) is 24.3 Å². The molecule has 1 aliphatic carbocycles. The minimum Gasteiger partial charge on any atom is -0.313 e. The molecular weight excluding hydrogens is 264 g/mol. The van der Waals surface area contributed by atoms with Crippen molar-refractivity contribution < 1.29 is 9.59 Å². The van der Waals surface area contributed by atoms with E-state index >= 15 is 0 Å². The Morgan fingerprint density at radius 3 is 2.43 bits per heavy atom. The Morgan fingerprint density at radius 2 is 1.76 bits per heavy atom. The van der Waals surface area contributed by atoms with Crippen molar-refractivity contribution in [1.82, 2.24) is 9.80 Å². The zero-order valence-corrected chi connectivity index (χ0v) is 12.8. The highest BCUT2D eigenvalue weighted by Gasteiger charge is 2.55. The number of amides is 3. The lowest BCUT2D eigenvalue weighted by atomic mass is 9.80. The highest BCUT2D eigenvalue weighted by Crippen LogP contribution is 2.39. The standard InChI is InChI=1S/C17H22N2O2/c1-13-8-4-5-9-14(13)12-19-15(20)17(18(2)16(19)21)10-6-3-7-11-17/h4-5,8-9H,3,6-7,10-12H2,1-2H3. The minimum absolute atomic E-state index is 0.00190. The fourth-order valence-corrected chi connectivity index (χ4v) is 3.63. The molecule has 0 unspecified atom stereocenters. The molecule has 3 amide bonds. The topological polar surface area (TPSA) is 40.6 Å². The summed E-state index contributed by atoms with van der Waals surface area (Å²) in [5.74, 6) is -0.00190. The van der Waals surface area contributed by atoms with Crippen LogP contribution in [-0.2, 0) is 11.3 Å². The normalized spacial score (nSPS) is 21.4. The van der Waals surface area contributed by atoms with Gasteiger partial charge < -0.3 is 4.90 Å². The summed E-state index contributed by atoms with van der Waals surface area (Å²) in [7, 11) is 1.78.